The Labute approximate surface area is 61.6 Å². The van der Waals surface area contributed by atoms with Crippen LogP contribution in [0.3, 0.4) is 0 Å². The number of unbranched alkanes of at least 4 members (excludes halogenated alkanes) is 1. The maximum atomic E-state index is 7.00. The van der Waals surface area contributed by atoms with Crippen LogP contribution in [0, 0.1) is 12.3 Å². The molecule has 0 unspecified atom stereocenters. The summed E-state index contributed by atoms with van der Waals surface area (Å²) in [6, 6.07) is 0. The first kappa shape index (κ1) is 9.01. The molecule has 3 heteroatoms. The Hall–Kier alpha value is -0.990. The molecule has 5 N–H and O–H groups in total. The van der Waals surface area contributed by atoms with Gasteiger partial charge in [-0.25, -0.2) is 0 Å². The minimum Gasteiger partial charge on any atom is -0.291 e. The largest absolute Gasteiger partial charge is 0.291 e. The van der Waals surface area contributed by atoms with Crippen LogP contribution in [0.5, 0.6) is 0 Å². The van der Waals surface area contributed by atoms with E-state index in [2.05, 4.69) is 6.92 Å². The molecule has 0 heterocycles. The van der Waals surface area contributed by atoms with E-state index < -0.39 is 0 Å². The van der Waals surface area contributed by atoms with Crippen molar-refractivity contribution in [3.8, 4) is 0 Å². The molecule has 3 nitrogen and oxygen atoms in total. The number of nitrogens with two attached hydrogens (primary N) is 2. The van der Waals surface area contributed by atoms with Gasteiger partial charge in [-0.05, 0) is 12.8 Å². The van der Waals surface area contributed by atoms with Crippen LogP contribution in [-0.2, 0) is 0 Å². The third-order valence-corrected chi connectivity index (χ3v) is 1.19. The Morgan fingerprint density at radius 2 is 1.90 bits per heavy atom. The van der Waals surface area contributed by atoms with Crippen LogP contribution in [0.25, 0.3) is 0 Å². The second-order valence-corrected chi connectivity index (χ2v) is 2.39. The van der Waals surface area contributed by atoms with Crippen LogP contribution in [0.2, 0.25) is 0 Å². The van der Waals surface area contributed by atoms with Gasteiger partial charge in [-0.2, -0.15) is 0 Å². The van der Waals surface area contributed by atoms with Gasteiger partial charge in [-0.15, -0.1) is 0 Å². The van der Waals surface area contributed by atoms with E-state index in [0.717, 1.165) is 25.7 Å². The molecule has 0 aromatic carbocycles. The lowest BCUT2D eigenvalue weighted by molar-refractivity contribution is -0.118. The van der Waals surface area contributed by atoms with Gasteiger partial charge in [-0.1, -0.05) is 0 Å². The summed E-state index contributed by atoms with van der Waals surface area (Å²) in [5.74, 6) is 0.482. The van der Waals surface area contributed by atoms with Gasteiger partial charge in [-0.3, -0.25) is 16.6 Å². The molecule has 0 amide bonds. The van der Waals surface area contributed by atoms with Crippen LogP contribution < -0.4 is 11.1 Å². The predicted molar refractivity (Wildman–Crippen MR) is 42.7 cm³/mol. The zero-order chi connectivity index (χ0) is 7.98. The fraction of sp³-hybridized carbons (Fsp3) is 0.571. The molecule has 0 aromatic rings. The van der Waals surface area contributed by atoms with Crippen LogP contribution in [0.15, 0.2) is 0 Å². The number of amidine groups is 1. The Balaban J connectivity index is 3.06. The monoisotopic (exact) mass is 141 g/mol. The lowest BCUT2D eigenvalue weighted by Crippen LogP contribution is -2.45. The molecule has 0 radical (unpaired) electrons. The molecule has 0 atom stereocenters. The maximum absolute atomic E-state index is 7.00. The molecular formula is C7H15N3+2. The van der Waals surface area contributed by atoms with E-state index in [1.165, 1.54) is 0 Å². The van der Waals surface area contributed by atoms with Crippen molar-refractivity contribution < 1.29 is 5.41 Å². The van der Waals surface area contributed by atoms with Gasteiger partial charge in [0, 0.05) is 12.8 Å². The summed E-state index contributed by atoms with van der Waals surface area (Å²) in [7, 11) is 0. The molecule has 56 valence electrons. The molecule has 0 fully saturated rings. The summed E-state index contributed by atoms with van der Waals surface area (Å²) in [5.41, 5.74) is 5.72. The van der Waals surface area contributed by atoms with Crippen LogP contribution in [0.4, 0.5) is 0 Å². The van der Waals surface area contributed by atoms with Crippen molar-refractivity contribution in [2.24, 2.45) is 5.73 Å². The van der Waals surface area contributed by atoms with Crippen molar-refractivity contribution in [2.45, 2.75) is 25.7 Å². The van der Waals surface area contributed by atoms with Crippen LogP contribution in [0.1, 0.15) is 25.7 Å². The Kier molecular flexibility index (Phi) is 4.37. The highest BCUT2D eigenvalue weighted by molar-refractivity contribution is 5.85. The number of hydrogen-bond acceptors (Lipinski definition) is 1. The van der Waals surface area contributed by atoms with E-state index in [0.29, 0.717) is 11.5 Å². The molecule has 0 spiro atoms. The van der Waals surface area contributed by atoms with E-state index >= 15 is 0 Å². The average molecular weight is 141 g/mol. The maximum Gasteiger partial charge on any atom is 0.238 e. The Morgan fingerprint density at radius 1 is 1.40 bits per heavy atom. The summed E-state index contributed by atoms with van der Waals surface area (Å²) in [4.78, 5) is 0. The smallest absolute Gasteiger partial charge is 0.238 e. The van der Waals surface area contributed by atoms with Gasteiger partial charge in [0.05, 0.1) is 0 Å². The van der Waals surface area contributed by atoms with Crippen molar-refractivity contribution in [3.05, 3.63) is 6.92 Å². The topological polar surface area (TPSA) is 75.5 Å². The minimum absolute atomic E-state index is 0.482. The second kappa shape index (κ2) is 4.85. The standard InChI is InChI=1S/C7H14N3/c1-6(8)4-2-3-5-7(9)10/h8H,1-5H2,(H3,9,10)/q+1/p+1. The van der Waals surface area contributed by atoms with E-state index in [-0.39, 0.29) is 0 Å². The first-order chi connectivity index (χ1) is 4.63. The summed E-state index contributed by atoms with van der Waals surface area (Å²) in [6.07, 6.45) is 3.43. The van der Waals surface area contributed by atoms with E-state index in [4.69, 9.17) is 16.6 Å². The van der Waals surface area contributed by atoms with E-state index in [1.54, 1.807) is 0 Å². The van der Waals surface area contributed by atoms with Gasteiger partial charge < -0.3 is 0 Å². The quantitative estimate of drug-likeness (QED) is 0.206. The minimum atomic E-state index is 0.482. The highest BCUT2D eigenvalue weighted by atomic mass is 14.7. The molecule has 0 saturated heterocycles. The molecule has 0 aliphatic carbocycles. The average Bonchev–Trinajstić information content (AvgIpc) is 1.79. The van der Waals surface area contributed by atoms with Crippen molar-refractivity contribution in [3.63, 3.8) is 0 Å². The van der Waals surface area contributed by atoms with Gasteiger partial charge in [0.2, 0.25) is 5.84 Å². The zero-order valence-electron chi connectivity index (χ0n) is 6.19. The van der Waals surface area contributed by atoms with E-state index in [9.17, 15) is 0 Å². The fourth-order valence-corrected chi connectivity index (χ4v) is 0.668. The zero-order valence-corrected chi connectivity index (χ0v) is 6.19. The van der Waals surface area contributed by atoms with Crippen molar-refractivity contribution in [2.75, 3.05) is 0 Å². The lowest BCUT2D eigenvalue weighted by atomic mass is 10.1. The molecule has 0 rings (SSSR count). The number of hydrogen-bond donors (Lipinski definition) is 3. The molecule has 10 heavy (non-hydrogen) atoms. The fourth-order valence-electron chi connectivity index (χ4n) is 0.668. The SMILES string of the molecule is [CH2+]C(=N)CCCCC(N)=[NH2+]. The van der Waals surface area contributed by atoms with Crippen molar-refractivity contribution in [1.82, 2.24) is 0 Å². The highest BCUT2D eigenvalue weighted by Gasteiger charge is 1.98. The number of nitrogens with one attached hydrogen (secondary N) is 1. The summed E-state index contributed by atoms with van der Waals surface area (Å²) < 4.78 is 0. The molecule has 0 aliphatic heterocycles. The second-order valence-electron chi connectivity index (χ2n) is 2.39. The molecule has 0 saturated carbocycles. The van der Waals surface area contributed by atoms with Gasteiger partial charge >= 0.3 is 0 Å². The third-order valence-electron chi connectivity index (χ3n) is 1.19. The predicted octanol–water partition coefficient (Wildman–Crippen LogP) is -0.483. The first-order valence-corrected chi connectivity index (χ1v) is 3.39. The normalized spacial score (nSPS) is 9.20. The van der Waals surface area contributed by atoms with Crippen LogP contribution in [-0.4, -0.2) is 11.5 Å². The van der Waals surface area contributed by atoms with Crippen molar-refractivity contribution >= 4 is 11.5 Å². The Morgan fingerprint density at radius 3 is 2.30 bits per heavy atom. The summed E-state index contributed by atoms with van der Waals surface area (Å²) in [5, 5.41) is 12.2. The lowest BCUT2D eigenvalue weighted by Gasteiger charge is -1.91. The number of rotatable bonds is 5. The molecule has 0 bridgehead atoms. The van der Waals surface area contributed by atoms with Crippen LogP contribution >= 0.6 is 0 Å². The van der Waals surface area contributed by atoms with Gasteiger partial charge in [0.1, 0.15) is 6.92 Å². The molecular weight excluding hydrogens is 126 g/mol. The molecule has 0 aromatic heterocycles. The van der Waals surface area contributed by atoms with Gasteiger partial charge in [0.15, 0.2) is 5.71 Å². The van der Waals surface area contributed by atoms with Crippen molar-refractivity contribution in [1.29, 1.82) is 5.41 Å². The summed E-state index contributed by atoms with van der Waals surface area (Å²) in [6.45, 7) is 3.47. The summed E-state index contributed by atoms with van der Waals surface area (Å²) >= 11 is 0. The first-order valence-electron chi connectivity index (χ1n) is 3.39. The Bertz CT molecular complexity index is 113. The highest BCUT2D eigenvalue weighted by Crippen LogP contribution is 1.98. The van der Waals surface area contributed by atoms with Gasteiger partial charge in [0.25, 0.3) is 0 Å². The van der Waals surface area contributed by atoms with E-state index in [1.807, 2.05) is 0 Å². The third kappa shape index (κ3) is 7.01. The molecule has 0 aliphatic rings.